The highest BCUT2D eigenvalue weighted by Gasteiger charge is 2.42. The minimum Gasteiger partial charge on any atom is -0.496 e. The molecule has 1 saturated carbocycles. The van der Waals surface area contributed by atoms with Crippen LogP contribution < -0.4 is 4.74 Å². The number of hydrazone groups is 1. The SMILES string of the molecule is COc1ccc(C2=NN(C3CCCCCC3)C(=O)[C@@H]3CC=CC[C@H]23)cc1-c1ccc(C(=O)N2CC(=O)N(C)C2)cc1. The Morgan fingerprint density at radius 2 is 1.59 bits per heavy atom. The van der Waals surface area contributed by atoms with E-state index in [0.29, 0.717) is 12.2 Å². The predicted molar refractivity (Wildman–Crippen MR) is 157 cm³/mol. The molecule has 2 heterocycles. The highest BCUT2D eigenvalue weighted by molar-refractivity contribution is 6.08. The topological polar surface area (TPSA) is 82.5 Å². The number of ether oxygens (including phenoxy) is 1. The Balaban J connectivity index is 1.33. The molecule has 2 fully saturated rings. The number of hydrogen-bond acceptors (Lipinski definition) is 5. The molecule has 6 rings (SSSR count). The summed E-state index contributed by atoms with van der Waals surface area (Å²) in [6.07, 6.45) is 12.6. The van der Waals surface area contributed by atoms with Crippen LogP contribution >= 0.6 is 0 Å². The first-order valence-corrected chi connectivity index (χ1v) is 14.8. The molecular weight excluding hydrogens is 516 g/mol. The van der Waals surface area contributed by atoms with Gasteiger partial charge in [-0.15, -0.1) is 0 Å². The van der Waals surface area contributed by atoms with Crippen molar-refractivity contribution >= 4 is 23.4 Å². The third kappa shape index (κ3) is 5.27. The molecule has 41 heavy (non-hydrogen) atoms. The van der Waals surface area contributed by atoms with Crippen molar-refractivity contribution in [2.75, 3.05) is 27.4 Å². The Bertz CT molecular complexity index is 1390. The monoisotopic (exact) mass is 554 g/mol. The Labute approximate surface area is 241 Å². The van der Waals surface area contributed by atoms with Crippen LogP contribution in [0, 0.1) is 11.8 Å². The van der Waals surface area contributed by atoms with Crippen molar-refractivity contribution in [1.29, 1.82) is 0 Å². The van der Waals surface area contributed by atoms with Crippen molar-refractivity contribution in [1.82, 2.24) is 14.8 Å². The van der Waals surface area contributed by atoms with E-state index in [9.17, 15) is 14.4 Å². The maximum atomic E-state index is 13.7. The normalized spacial score (nSPS) is 23.4. The van der Waals surface area contributed by atoms with Crippen molar-refractivity contribution in [3.63, 3.8) is 0 Å². The maximum Gasteiger partial charge on any atom is 0.255 e. The van der Waals surface area contributed by atoms with Gasteiger partial charge in [-0.3, -0.25) is 14.4 Å². The molecule has 2 aliphatic heterocycles. The van der Waals surface area contributed by atoms with Gasteiger partial charge in [-0.05, 0) is 67.1 Å². The van der Waals surface area contributed by atoms with Crippen molar-refractivity contribution in [2.45, 2.75) is 57.4 Å². The van der Waals surface area contributed by atoms with Gasteiger partial charge in [0.1, 0.15) is 12.3 Å². The molecule has 4 aliphatic rings. The summed E-state index contributed by atoms with van der Waals surface area (Å²) >= 11 is 0. The zero-order valence-corrected chi connectivity index (χ0v) is 23.9. The number of allylic oxidation sites excluding steroid dienone is 2. The molecule has 0 unspecified atom stereocenters. The fourth-order valence-electron chi connectivity index (χ4n) is 6.71. The largest absolute Gasteiger partial charge is 0.496 e. The van der Waals surface area contributed by atoms with E-state index in [4.69, 9.17) is 9.84 Å². The quantitative estimate of drug-likeness (QED) is 0.381. The van der Waals surface area contributed by atoms with Crippen molar-refractivity contribution < 1.29 is 19.1 Å². The molecule has 214 valence electrons. The molecule has 0 bridgehead atoms. The fourth-order valence-corrected chi connectivity index (χ4v) is 6.71. The van der Waals surface area contributed by atoms with E-state index in [0.717, 1.165) is 66.7 Å². The number of carbonyl (C=O) groups is 3. The van der Waals surface area contributed by atoms with Gasteiger partial charge in [0, 0.05) is 24.1 Å². The molecule has 2 atom stereocenters. The third-order valence-corrected chi connectivity index (χ3v) is 9.07. The van der Waals surface area contributed by atoms with Gasteiger partial charge in [0.05, 0.1) is 31.4 Å². The molecule has 2 aromatic rings. The summed E-state index contributed by atoms with van der Waals surface area (Å²) in [4.78, 5) is 41.7. The molecule has 0 aromatic heterocycles. The van der Waals surface area contributed by atoms with Gasteiger partial charge in [0.25, 0.3) is 5.91 Å². The minimum absolute atomic E-state index is 0.0528. The number of nitrogens with zero attached hydrogens (tertiary/aromatic N) is 4. The zero-order valence-electron chi connectivity index (χ0n) is 23.9. The zero-order chi connectivity index (χ0) is 28.5. The second-order valence-electron chi connectivity index (χ2n) is 11.7. The van der Waals surface area contributed by atoms with Gasteiger partial charge >= 0.3 is 0 Å². The number of rotatable bonds is 5. The van der Waals surface area contributed by atoms with Crippen molar-refractivity contribution in [3.8, 4) is 16.9 Å². The van der Waals surface area contributed by atoms with E-state index in [1.54, 1.807) is 36.1 Å². The number of benzene rings is 2. The summed E-state index contributed by atoms with van der Waals surface area (Å²) in [7, 11) is 3.36. The van der Waals surface area contributed by atoms with Gasteiger partial charge in [-0.25, -0.2) is 5.01 Å². The number of methoxy groups -OCH3 is 1. The average Bonchev–Trinajstić information content (AvgIpc) is 3.17. The first-order valence-electron chi connectivity index (χ1n) is 14.8. The van der Waals surface area contributed by atoms with Crippen LogP contribution in [0.4, 0.5) is 0 Å². The number of amides is 3. The maximum absolute atomic E-state index is 13.7. The van der Waals surface area contributed by atoms with Crippen LogP contribution in [0.15, 0.2) is 59.7 Å². The summed E-state index contributed by atoms with van der Waals surface area (Å²) in [6.45, 7) is 0.405. The van der Waals surface area contributed by atoms with E-state index in [-0.39, 0.29) is 42.1 Å². The molecule has 2 aromatic carbocycles. The molecule has 3 amide bonds. The summed E-state index contributed by atoms with van der Waals surface area (Å²) in [5.74, 6) is 0.659. The van der Waals surface area contributed by atoms with Crippen LogP contribution in [0.5, 0.6) is 5.75 Å². The van der Waals surface area contributed by atoms with Crippen LogP contribution in [0.3, 0.4) is 0 Å². The number of hydrogen-bond donors (Lipinski definition) is 0. The lowest BCUT2D eigenvalue weighted by molar-refractivity contribution is -0.140. The molecule has 8 heteroatoms. The lowest BCUT2D eigenvalue weighted by Gasteiger charge is -2.40. The number of fused-ring (bicyclic) bond motifs is 1. The average molecular weight is 555 g/mol. The van der Waals surface area contributed by atoms with E-state index in [1.165, 1.54) is 12.8 Å². The van der Waals surface area contributed by atoms with E-state index in [2.05, 4.69) is 24.3 Å². The van der Waals surface area contributed by atoms with Gasteiger partial charge in [0.2, 0.25) is 11.8 Å². The molecule has 0 radical (unpaired) electrons. The molecule has 1 saturated heterocycles. The van der Waals surface area contributed by atoms with Gasteiger partial charge < -0.3 is 14.5 Å². The highest BCUT2D eigenvalue weighted by atomic mass is 16.5. The van der Waals surface area contributed by atoms with E-state index < -0.39 is 0 Å². The van der Waals surface area contributed by atoms with Gasteiger partial charge in [-0.2, -0.15) is 5.10 Å². The summed E-state index contributed by atoms with van der Waals surface area (Å²) < 4.78 is 5.74. The fraction of sp³-hybridized carbons (Fsp3) is 0.455. The molecule has 2 aliphatic carbocycles. The van der Waals surface area contributed by atoms with Crippen LogP contribution in [0.25, 0.3) is 11.1 Å². The van der Waals surface area contributed by atoms with E-state index in [1.807, 2.05) is 23.2 Å². The Morgan fingerprint density at radius 3 is 2.24 bits per heavy atom. The summed E-state index contributed by atoms with van der Waals surface area (Å²) in [5, 5.41) is 6.95. The Kier molecular flexibility index (Phi) is 7.65. The molecule has 0 spiro atoms. The predicted octanol–water partition coefficient (Wildman–Crippen LogP) is 5.09. The second kappa shape index (κ2) is 11.5. The van der Waals surface area contributed by atoms with Crippen molar-refractivity contribution in [3.05, 3.63) is 65.7 Å². The minimum atomic E-state index is -0.161. The molecular formula is C33H38N4O4. The van der Waals surface area contributed by atoms with Crippen LogP contribution in [0.1, 0.15) is 67.3 Å². The number of likely N-dealkylation sites (N-methyl/N-ethyl adjacent to an activating group) is 1. The highest BCUT2D eigenvalue weighted by Crippen LogP contribution is 2.39. The lowest BCUT2D eigenvalue weighted by Crippen LogP contribution is -2.49. The Hall–Kier alpha value is -3.94. The van der Waals surface area contributed by atoms with E-state index >= 15 is 0 Å². The number of carbonyl (C=O) groups excluding carboxylic acids is 3. The molecule has 0 N–H and O–H groups in total. The van der Waals surface area contributed by atoms with Crippen LogP contribution in [0.2, 0.25) is 0 Å². The first-order chi connectivity index (χ1) is 19.9. The van der Waals surface area contributed by atoms with Crippen LogP contribution in [-0.2, 0) is 9.59 Å². The van der Waals surface area contributed by atoms with Crippen molar-refractivity contribution in [2.24, 2.45) is 16.9 Å². The second-order valence-corrected chi connectivity index (χ2v) is 11.7. The third-order valence-electron chi connectivity index (χ3n) is 9.07. The molecule has 8 nitrogen and oxygen atoms in total. The first kappa shape index (κ1) is 27.2. The standard InChI is InChI=1S/C33H38N4O4/c1-35-21-36(20-30(35)38)32(39)23-15-13-22(14-16-23)28-19-24(17-18-29(28)41-2)31-26-11-7-8-12-27(26)33(40)37(34-31)25-9-5-3-4-6-10-25/h7-8,13-19,25-27H,3-6,9-12,20-21H2,1-2H3/t26-,27+/m0/s1. The van der Waals surface area contributed by atoms with Crippen LogP contribution in [-0.4, -0.2) is 71.7 Å². The summed E-state index contributed by atoms with van der Waals surface area (Å²) in [6, 6.07) is 13.8. The smallest absolute Gasteiger partial charge is 0.255 e. The Morgan fingerprint density at radius 1 is 0.902 bits per heavy atom. The van der Waals surface area contributed by atoms with Gasteiger partial charge in [0.15, 0.2) is 0 Å². The lowest BCUT2D eigenvalue weighted by atomic mass is 9.76. The summed E-state index contributed by atoms with van der Waals surface area (Å²) in [5.41, 5.74) is 4.34. The van der Waals surface area contributed by atoms with Gasteiger partial charge in [-0.1, -0.05) is 50.0 Å².